The van der Waals surface area contributed by atoms with Gasteiger partial charge in [0, 0.05) is 31.4 Å². The number of aryl methyl sites for hydroxylation is 1. The predicted molar refractivity (Wildman–Crippen MR) is 83.7 cm³/mol. The van der Waals surface area contributed by atoms with Crippen molar-refractivity contribution in [2.75, 3.05) is 7.05 Å². The van der Waals surface area contributed by atoms with E-state index < -0.39 is 0 Å². The molecule has 1 aliphatic rings. The van der Waals surface area contributed by atoms with Crippen LogP contribution in [0.1, 0.15) is 45.1 Å². The second-order valence-electron chi connectivity index (χ2n) is 6.49. The van der Waals surface area contributed by atoms with Crippen molar-refractivity contribution in [3.05, 3.63) is 18.0 Å². The number of rotatable bonds is 5. The number of aromatic nitrogens is 2. The topological polar surface area (TPSA) is 50.2 Å². The quantitative estimate of drug-likeness (QED) is 0.902. The van der Waals surface area contributed by atoms with E-state index in [1.54, 1.807) is 4.68 Å². The second-order valence-corrected chi connectivity index (χ2v) is 6.49. The van der Waals surface area contributed by atoms with Crippen molar-refractivity contribution in [1.82, 2.24) is 20.0 Å². The Balaban J connectivity index is 1.85. The van der Waals surface area contributed by atoms with E-state index in [1.165, 1.54) is 19.3 Å². The Kier molecular flexibility index (Phi) is 5.39. The number of hydrogen-bond acceptors (Lipinski definition) is 3. The molecular weight excluding hydrogens is 264 g/mol. The van der Waals surface area contributed by atoms with Crippen LogP contribution in [0.5, 0.6) is 0 Å². The molecule has 0 aliphatic heterocycles. The first-order chi connectivity index (χ1) is 9.97. The summed E-state index contributed by atoms with van der Waals surface area (Å²) in [5.41, 5.74) is 1.13. The highest BCUT2D eigenvalue weighted by Gasteiger charge is 2.26. The van der Waals surface area contributed by atoms with Gasteiger partial charge in [0.15, 0.2) is 0 Å². The van der Waals surface area contributed by atoms with E-state index in [0.717, 1.165) is 18.5 Å². The van der Waals surface area contributed by atoms with E-state index >= 15 is 0 Å². The van der Waals surface area contributed by atoms with Crippen molar-refractivity contribution in [3.8, 4) is 0 Å². The predicted octanol–water partition coefficient (Wildman–Crippen LogP) is 1.94. The zero-order valence-electron chi connectivity index (χ0n) is 13.7. The van der Waals surface area contributed by atoms with Gasteiger partial charge in [-0.25, -0.2) is 0 Å². The Hall–Kier alpha value is -1.36. The summed E-state index contributed by atoms with van der Waals surface area (Å²) in [7, 11) is 3.89. The molecule has 1 aromatic rings. The maximum Gasteiger partial charge on any atom is 0.237 e. The molecule has 1 N–H and O–H groups in total. The maximum atomic E-state index is 12.4. The Morgan fingerprint density at radius 3 is 2.86 bits per heavy atom. The van der Waals surface area contributed by atoms with Crippen LogP contribution in [0.2, 0.25) is 0 Å². The zero-order valence-corrected chi connectivity index (χ0v) is 13.7. The Morgan fingerprint density at radius 2 is 2.24 bits per heavy atom. The van der Waals surface area contributed by atoms with Gasteiger partial charge in [0.25, 0.3) is 0 Å². The molecule has 2 rings (SSSR count). The highest BCUT2D eigenvalue weighted by Crippen LogP contribution is 2.23. The summed E-state index contributed by atoms with van der Waals surface area (Å²) in [4.78, 5) is 14.5. The first-order valence-electron chi connectivity index (χ1n) is 7.95. The molecule has 0 unspecified atom stereocenters. The number of carbonyl (C=O) groups excluding carboxylic acids is 1. The molecule has 0 spiro atoms. The summed E-state index contributed by atoms with van der Waals surface area (Å²) in [6.45, 7) is 4.95. The number of carbonyl (C=O) groups is 1. The zero-order chi connectivity index (χ0) is 15.4. The van der Waals surface area contributed by atoms with Gasteiger partial charge in [0.1, 0.15) is 0 Å². The first-order valence-corrected chi connectivity index (χ1v) is 7.95. The van der Waals surface area contributed by atoms with Crippen LogP contribution in [0.3, 0.4) is 0 Å². The number of hydrogen-bond donors (Lipinski definition) is 1. The normalized spacial score (nSPS) is 24.0. The monoisotopic (exact) mass is 292 g/mol. The number of nitrogens with zero attached hydrogens (tertiary/aromatic N) is 3. The number of likely N-dealkylation sites (N-methyl/N-ethyl adjacent to an activating group) is 1. The van der Waals surface area contributed by atoms with Gasteiger partial charge in [-0.1, -0.05) is 19.8 Å². The van der Waals surface area contributed by atoms with Crippen molar-refractivity contribution < 1.29 is 4.79 Å². The van der Waals surface area contributed by atoms with E-state index in [1.807, 2.05) is 33.4 Å². The fourth-order valence-electron chi connectivity index (χ4n) is 3.01. The number of amides is 1. The molecule has 1 saturated carbocycles. The van der Waals surface area contributed by atoms with Gasteiger partial charge in [0.2, 0.25) is 5.91 Å². The van der Waals surface area contributed by atoms with Crippen LogP contribution in [0.25, 0.3) is 0 Å². The Labute approximate surface area is 127 Å². The fraction of sp³-hybridized carbons (Fsp3) is 0.750. The van der Waals surface area contributed by atoms with E-state index in [-0.39, 0.29) is 11.9 Å². The van der Waals surface area contributed by atoms with Gasteiger partial charge < -0.3 is 5.32 Å². The Bertz CT molecular complexity index is 471. The summed E-state index contributed by atoms with van der Waals surface area (Å²) in [5, 5.41) is 7.41. The second kappa shape index (κ2) is 7.07. The molecule has 1 amide bonds. The third kappa shape index (κ3) is 4.30. The third-order valence-corrected chi connectivity index (χ3v) is 4.67. The van der Waals surface area contributed by atoms with E-state index in [2.05, 4.69) is 22.2 Å². The fourth-order valence-corrected chi connectivity index (χ4v) is 3.01. The van der Waals surface area contributed by atoms with Gasteiger partial charge in [-0.15, -0.1) is 0 Å². The molecule has 0 saturated heterocycles. The lowest BCUT2D eigenvalue weighted by Gasteiger charge is -2.32. The summed E-state index contributed by atoms with van der Waals surface area (Å²) >= 11 is 0. The lowest BCUT2D eigenvalue weighted by molar-refractivity contribution is -0.126. The van der Waals surface area contributed by atoms with Crippen molar-refractivity contribution in [2.45, 2.75) is 58.2 Å². The summed E-state index contributed by atoms with van der Waals surface area (Å²) in [6.07, 6.45) is 8.71. The maximum absolute atomic E-state index is 12.4. The summed E-state index contributed by atoms with van der Waals surface area (Å²) in [6, 6.07) is 0.222. The molecule has 21 heavy (non-hydrogen) atoms. The smallest absolute Gasteiger partial charge is 0.237 e. The molecule has 5 heteroatoms. The Morgan fingerprint density at radius 1 is 1.52 bits per heavy atom. The molecule has 0 bridgehead atoms. The van der Waals surface area contributed by atoms with Crippen molar-refractivity contribution in [3.63, 3.8) is 0 Å². The summed E-state index contributed by atoms with van der Waals surface area (Å²) in [5.74, 6) is 0.735. The number of nitrogens with one attached hydrogen (secondary N) is 1. The highest BCUT2D eigenvalue weighted by atomic mass is 16.2. The molecule has 0 aromatic carbocycles. The molecule has 1 fully saturated rings. The van der Waals surface area contributed by atoms with Gasteiger partial charge in [0.05, 0.1) is 12.2 Å². The van der Waals surface area contributed by atoms with Crippen LogP contribution < -0.4 is 5.32 Å². The average molecular weight is 292 g/mol. The van der Waals surface area contributed by atoms with Crippen LogP contribution in [0, 0.1) is 5.92 Å². The van der Waals surface area contributed by atoms with Gasteiger partial charge in [-0.3, -0.25) is 14.4 Å². The molecule has 1 heterocycles. The highest BCUT2D eigenvalue weighted by molar-refractivity contribution is 5.81. The molecule has 118 valence electrons. The molecular formula is C16H28N4O. The minimum atomic E-state index is -0.126. The molecule has 3 atom stereocenters. The van der Waals surface area contributed by atoms with Gasteiger partial charge >= 0.3 is 0 Å². The van der Waals surface area contributed by atoms with E-state index in [9.17, 15) is 4.79 Å². The first kappa shape index (κ1) is 16.0. The van der Waals surface area contributed by atoms with Crippen molar-refractivity contribution in [1.29, 1.82) is 0 Å². The molecule has 0 radical (unpaired) electrons. The van der Waals surface area contributed by atoms with E-state index in [4.69, 9.17) is 0 Å². The van der Waals surface area contributed by atoms with Crippen LogP contribution in [-0.4, -0.2) is 39.7 Å². The van der Waals surface area contributed by atoms with Crippen LogP contribution in [-0.2, 0) is 18.4 Å². The third-order valence-electron chi connectivity index (χ3n) is 4.67. The summed E-state index contributed by atoms with van der Waals surface area (Å²) < 4.78 is 1.79. The van der Waals surface area contributed by atoms with E-state index in [0.29, 0.717) is 12.0 Å². The van der Waals surface area contributed by atoms with Gasteiger partial charge in [-0.05, 0) is 32.7 Å². The average Bonchev–Trinajstić information content (AvgIpc) is 2.85. The SMILES string of the molecule is C[C@@H]1CCCC[C@@H]1NC(=O)[C@H](C)N(C)Cc1cnn(C)c1. The minimum Gasteiger partial charge on any atom is -0.352 e. The van der Waals surface area contributed by atoms with Crippen LogP contribution in [0.4, 0.5) is 0 Å². The standard InChI is InChI=1S/C16H28N4O/c1-12-7-5-6-8-15(12)18-16(21)13(2)19(3)10-14-9-17-20(4)11-14/h9,11-13,15H,5-8,10H2,1-4H3,(H,18,21)/t12-,13+,15+/m1/s1. The van der Waals surface area contributed by atoms with Crippen molar-refractivity contribution >= 4 is 5.91 Å². The van der Waals surface area contributed by atoms with Crippen LogP contribution >= 0.6 is 0 Å². The molecule has 1 aromatic heterocycles. The lowest BCUT2D eigenvalue weighted by Crippen LogP contribution is -2.49. The van der Waals surface area contributed by atoms with Crippen LogP contribution in [0.15, 0.2) is 12.4 Å². The lowest BCUT2D eigenvalue weighted by atomic mass is 9.86. The molecule has 1 aliphatic carbocycles. The largest absolute Gasteiger partial charge is 0.352 e. The minimum absolute atomic E-state index is 0.126. The van der Waals surface area contributed by atoms with Crippen molar-refractivity contribution in [2.24, 2.45) is 13.0 Å². The van der Waals surface area contributed by atoms with Gasteiger partial charge in [-0.2, -0.15) is 5.10 Å². The molecule has 5 nitrogen and oxygen atoms in total.